The van der Waals surface area contributed by atoms with Gasteiger partial charge in [-0.3, -0.25) is 4.79 Å². The molecule has 0 aliphatic heterocycles. The van der Waals surface area contributed by atoms with Crippen molar-refractivity contribution in [2.24, 2.45) is 0 Å². The van der Waals surface area contributed by atoms with Crippen LogP contribution in [0.15, 0.2) is 10.9 Å². The minimum Gasteiger partial charge on any atom is -0.478 e. The monoisotopic (exact) mass is 265 g/mol. The van der Waals surface area contributed by atoms with Crippen molar-refractivity contribution in [1.82, 2.24) is 4.57 Å². The van der Waals surface area contributed by atoms with Crippen molar-refractivity contribution in [2.45, 2.75) is 51.7 Å². The van der Waals surface area contributed by atoms with E-state index in [4.69, 9.17) is 0 Å². The van der Waals surface area contributed by atoms with Crippen molar-refractivity contribution in [1.29, 1.82) is 0 Å². The SMILES string of the molecule is Cc1cc(=O)n(C2CCC(O)CC2)c(C)c1C(=O)O. The van der Waals surface area contributed by atoms with Crippen LogP contribution < -0.4 is 5.56 Å². The third-order valence-electron chi connectivity index (χ3n) is 3.94. The van der Waals surface area contributed by atoms with E-state index in [9.17, 15) is 19.8 Å². The van der Waals surface area contributed by atoms with Crippen LogP contribution in [0.1, 0.15) is 53.3 Å². The molecule has 0 saturated heterocycles. The highest BCUT2D eigenvalue weighted by Crippen LogP contribution is 2.29. The van der Waals surface area contributed by atoms with Gasteiger partial charge in [0, 0.05) is 17.8 Å². The molecule has 104 valence electrons. The molecule has 0 aromatic carbocycles. The van der Waals surface area contributed by atoms with Gasteiger partial charge in [0.15, 0.2) is 0 Å². The molecule has 2 rings (SSSR count). The van der Waals surface area contributed by atoms with Gasteiger partial charge in [-0.1, -0.05) is 0 Å². The summed E-state index contributed by atoms with van der Waals surface area (Å²) in [4.78, 5) is 23.4. The molecule has 19 heavy (non-hydrogen) atoms. The van der Waals surface area contributed by atoms with Crippen LogP contribution in [0.2, 0.25) is 0 Å². The lowest BCUT2D eigenvalue weighted by atomic mass is 9.92. The van der Waals surface area contributed by atoms with Crippen LogP contribution in [0.4, 0.5) is 0 Å². The van der Waals surface area contributed by atoms with E-state index in [1.807, 2.05) is 0 Å². The van der Waals surface area contributed by atoms with Gasteiger partial charge >= 0.3 is 5.97 Å². The fraction of sp³-hybridized carbons (Fsp3) is 0.571. The summed E-state index contributed by atoms with van der Waals surface area (Å²) < 4.78 is 1.59. The van der Waals surface area contributed by atoms with Crippen molar-refractivity contribution in [3.8, 4) is 0 Å². The van der Waals surface area contributed by atoms with Crippen LogP contribution in [0.5, 0.6) is 0 Å². The van der Waals surface area contributed by atoms with E-state index in [-0.39, 0.29) is 23.3 Å². The number of aliphatic hydroxyl groups is 1. The Morgan fingerprint density at radius 2 is 1.84 bits per heavy atom. The second kappa shape index (κ2) is 5.17. The minimum atomic E-state index is -1.00. The number of hydrogen-bond donors (Lipinski definition) is 2. The van der Waals surface area contributed by atoms with E-state index in [0.29, 0.717) is 36.9 Å². The number of aromatic nitrogens is 1. The predicted octanol–water partition coefficient (Wildman–Crippen LogP) is 1.64. The summed E-state index contributed by atoms with van der Waals surface area (Å²) >= 11 is 0. The van der Waals surface area contributed by atoms with Gasteiger partial charge in [-0.25, -0.2) is 4.79 Å². The maximum absolute atomic E-state index is 12.1. The highest BCUT2D eigenvalue weighted by atomic mass is 16.4. The van der Waals surface area contributed by atoms with Gasteiger partial charge in [-0.2, -0.15) is 0 Å². The average Bonchev–Trinajstić information content (AvgIpc) is 2.30. The van der Waals surface area contributed by atoms with Gasteiger partial charge in [-0.15, -0.1) is 0 Å². The van der Waals surface area contributed by atoms with E-state index in [0.717, 1.165) is 0 Å². The Kier molecular flexibility index (Phi) is 3.75. The van der Waals surface area contributed by atoms with Gasteiger partial charge < -0.3 is 14.8 Å². The minimum absolute atomic E-state index is 0.00500. The summed E-state index contributed by atoms with van der Waals surface area (Å²) in [6.45, 7) is 3.33. The van der Waals surface area contributed by atoms with Crippen LogP contribution in [0, 0.1) is 13.8 Å². The molecule has 1 aromatic heterocycles. The van der Waals surface area contributed by atoms with Crippen LogP contribution in [-0.4, -0.2) is 26.9 Å². The van der Waals surface area contributed by atoms with E-state index < -0.39 is 5.97 Å². The Labute approximate surface area is 111 Å². The molecule has 1 aromatic rings. The number of hydrogen-bond acceptors (Lipinski definition) is 3. The van der Waals surface area contributed by atoms with E-state index in [1.165, 1.54) is 6.07 Å². The lowest BCUT2D eigenvalue weighted by Gasteiger charge is -2.29. The molecule has 0 spiro atoms. The number of aliphatic hydroxyl groups excluding tert-OH is 1. The molecule has 0 atom stereocenters. The number of carboxylic acid groups (broad SMARTS) is 1. The Bertz CT molecular complexity index is 553. The molecular weight excluding hydrogens is 246 g/mol. The summed E-state index contributed by atoms with van der Waals surface area (Å²) in [7, 11) is 0. The molecule has 5 heteroatoms. The maximum atomic E-state index is 12.1. The molecule has 5 nitrogen and oxygen atoms in total. The molecule has 1 aliphatic rings. The summed E-state index contributed by atoms with van der Waals surface area (Å²) in [6.07, 6.45) is 2.45. The smallest absolute Gasteiger partial charge is 0.337 e. The Morgan fingerprint density at radius 1 is 1.26 bits per heavy atom. The van der Waals surface area contributed by atoms with Gasteiger partial charge in [0.2, 0.25) is 0 Å². The van der Waals surface area contributed by atoms with Crippen molar-refractivity contribution < 1.29 is 15.0 Å². The first-order chi connectivity index (χ1) is 8.91. The fourth-order valence-corrected chi connectivity index (χ4v) is 2.99. The van der Waals surface area contributed by atoms with E-state index in [2.05, 4.69) is 0 Å². The largest absolute Gasteiger partial charge is 0.478 e. The molecule has 0 amide bonds. The molecule has 2 N–H and O–H groups in total. The number of pyridine rings is 1. The van der Waals surface area contributed by atoms with Crippen LogP contribution in [0.3, 0.4) is 0 Å². The second-order valence-corrected chi connectivity index (χ2v) is 5.26. The standard InChI is InChI=1S/C14H19NO4/c1-8-7-12(17)15(9(2)13(8)14(18)19)10-3-5-11(16)6-4-10/h7,10-11,16H,3-6H2,1-2H3,(H,18,19). The molecule has 1 heterocycles. The summed E-state index contributed by atoms with van der Waals surface area (Å²) in [5, 5.41) is 18.8. The highest BCUT2D eigenvalue weighted by Gasteiger charge is 2.25. The van der Waals surface area contributed by atoms with Crippen LogP contribution >= 0.6 is 0 Å². The van der Waals surface area contributed by atoms with E-state index in [1.54, 1.807) is 18.4 Å². The van der Waals surface area contributed by atoms with Gasteiger partial charge in [-0.05, 0) is 45.1 Å². The number of nitrogens with zero attached hydrogens (tertiary/aromatic N) is 1. The normalized spacial score (nSPS) is 23.3. The molecule has 1 saturated carbocycles. The topological polar surface area (TPSA) is 79.5 Å². The number of carbonyl (C=O) groups is 1. The maximum Gasteiger partial charge on any atom is 0.337 e. The fourth-order valence-electron chi connectivity index (χ4n) is 2.99. The van der Waals surface area contributed by atoms with Crippen molar-refractivity contribution in [3.05, 3.63) is 33.2 Å². The second-order valence-electron chi connectivity index (χ2n) is 5.26. The molecule has 1 aliphatic carbocycles. The number of aromatic carboxylic acids is 1. The van der Waals surface area contributed by atoms with Gasteiger partial charge in [0.25, 0.3) is 5.56 Å². The lowest BCUT2D eigenvalue weighted by molar-refractivity contribution is 0.0692. The number of carboxylic acids is 1. The molecule has 0 bridgehead atoms. The zero-order valence-corrected chi connectivity index (χ0v) is 11.2. The van der Waals surface area contributed by atoms with Crippen molar-refractivity contribution >= 4 is 5.97 Å². The van der Waals surface area contributed by atoms with E-state index >= 15 is 0 Å². The van der Waals surface area contributed by atoms with Gasteiger partial charge in [0.05, 0.1) is 11.7 Å². The third kappa shape index (κ3) is 2.56. The lowest BCUT2D eigenvalue weighted by Crippen LogP contribution is -2.32. The molecule has 1 fully saturated rings. The Hall–Kier alpha value is -1.62. The summed E-state index contributed by atoms with van der Waals surface area (Å²) in [6, 6.07) is 1.39. The average molecular weight is 265 g/mol. The van der Waals surface area contributed by atoms with Crippen molar-refractivity contribution in [3.63, 3.8) is 0 Å². The first kappa shape index (κ1) is 13.8. The number of rotatable bonds is 2. The zero-order chi connectivity index (χ0) is 14.2. The Morgan fingerprint density at radius 3 is 2.37 bits per heavy atom. The summed E-state index contributed by atoms with van der Waals surface area (Å²) in [5.41, 5.74) is 1.08. The van der Waals surface area contributed by atoms with Gasteiger partial charge in [0.1, 0.15) is 0 Å². The predicted molar refractivity (Wildman–Crippen MR) is 70.6 cm³/mol. The first-order valence-electron chi connectivity index (χ1n) is 6.56. The Balaban J connectivity index is 2.48. The third-order valence-corrected chi connectivity index (χ3v) is 3.94. The zero-order valence-electron chi connectivity index (χ0n) is 11.2. The van der Waals surface area contributed by atoms with Crippen molar-refractivity contribution in [2.75, 3.05) is 0 Å². The molecule has 0 radical (unpaired) electrons. The summed E-state index contributed by atoms with van der Waals surface area (Å²) in [5.74, 6) is -1.00. The highest BCUT2D eigenvalue weighted by molar-refractivity contribution is 5.90. The van der Waals surface area contributed by atoms with Crippen LogP contribution in [-0.2, 0) is 0 Å². The van der Waals surface area contributed by atoms with Crippen LogP contribution in [0.25, 0.3) is 0 Å². The molecular formula is C14H19NO4. The first-order valence-corrected chi connectivity index (χ1v) is 6.56. The number of aryl methyl sites for hydroxylation is 1. The molecule has 0 unspecified atom stereocenters. The quantitative estimate of drug-likeness (QED) is 0.852.